The zero-order chi connectivity index (χ0) is 15.4. The first kappa shape index (κ1) is 14.5. The number of esters is 1. The van der Waals surface area contributed by atoms with Crippen LogP contribution >= 0.6 is 11.3 Å². The third kappa shape index (κ3) is 3.26. The molecule has 3 rings (SSSR count). The third-order valence-electron chi connectivity index (χ3n) is 3.33. The van der Waals surface area contributed by atoms with Crippen molar-refractivity contribution < 1.29 is 9.53 Å². The highest BCUT2D eigenvalue weighted by molar-refractivity contribution is 7.13. The number of H-pyrrole nitrogens is 1. The van der Waals surface area contributed by atoms with E-state index in [2.05, 4.69) is 41.2 Å². The second-order valence-corrected chi connectivity index (χ2v) is 5.71. The van der Waals surface area contributed by atoms with E-state index in [9.17, 15) is 4.79 Å². The molecule has 0 unspecified atom stereocenters. The number of carbonyl (C=O) groups is 1. The number of benzene rings is 1. The van der Waals surface area contributed by atoms with Crippen LogP contribution in [0.1, 0.15) is 28.7 Å². The average molecular weight is 312 g/mol. The summed E-state index contributed by atoms with van der Waals surface area (Å²) in [6, 6.07) is 11.8. The lowest BCUT2D eigenvalue weighted by atomic mass is 10.1. The highest BCUT2D eigenvalue weighted by Crippen LogP contribution is 2.24. The van der Waals surface area contributed by atoms with E-state index in [0.717, 1.165) is 22.7 Å². The molecular formula is C17H16N2O2S. The van der Waals surface area contributed by atoms with Crippen LogP contribution in [0.4, 0.5) is 0 Å². The molecule has 0 amide bonds. The minimum atomic E-state index is -0.369. The smallest absolute Gasteiger partial charge is 0.355 e. The first-order chi connectivity index (χ1) is 10.8. The Balaban J connectivity index is 1.64. The van der Waals surface area contributed by atoms with Crippen LogP contribution in [0.3, 0.4) is 0 Å². The van der Waals surface area contributed by atoms with Crippen LogP contribution < -0.4 is 0 Å². The molecule has 0 spiro atoms. The Hall–Kier alpha value is -2.40. The zero-order valence-electron chi connectivity index (χ0n) is 12.2. The van der Waals surface area contributed by atoms with Gasteiger partial charge < -0.3 is 9.72 Å². The number of hydrogen-bond donors (Lipinski definition) is 1. The first-order valence-electron chi connectivity index (χ1n) is 7.10. The van der Waals surface area contributed by atoms with Crippen LogP contribution in [0.5, 0.6) is 0 Å². The molecule has 2 heterocycles. The molecule has 5 heteroatoms. The third-order valence-corrected chi connectivity index (χ3v) is 4.27. The maximum Gasteiger partial charge on any atom is 0.355 e. The van der Waals surface area contributed by atoms with Crippen molar-refractivity contribution in [2.45, 2.75) is 20.0 Å². The van der Waals surface area contributed by atoms with Crippen molar-refractivity contribution in [3.63, 3.8) is 0 Å². The van der Waals surface area contributed by atoms with E-state index in [0.29, 0.717) is 5.69 Å². The van der Waals surface area contributed by atoms with Gasteiger partial charge in [-0.05, 0) is 24.1 Å². The number of rotatable bonds is 5. The minimum Gasteiger partial charge on any atom is -0.454 e. The Kier molecular flexibility index (Phi) is 4.34. The molecule has 1 aromatic carbocycles. The molecule has 0 bridgehead atoms. The predicted octanol–water partition coefficient (Wildman–Crippen LogP) is 4.06. The summed E-state index contributed by atoms with van der Waals surface area (Å²) in [6.07, 6.45) is 2.72. The van der Waals surface area contributed by atoms with Gasteiger partial charge in [0.2, 0.25) is 0 Å². The van der Waals surface area contributed by atoms with Gasteiger partial charge in [-0.2, -0.15) is 0 Å². The number of carbonyl (C=O) groups excluding carboxylic acids is 1. The van der Waals surface area contributed by atoms with Crippen LogP contribution in [0, 0.1) is 0 Å². The topological polar surface area (TPSA) is 55.0 Å². The van der Waals surface area contributed by atoms with E-state index in [1.807, 2.05) is 5.38 Å². The molecule has 3 aromatic rings. The van der Waals surface area contributed by atoms with Crippen molar-refractivity contribution in [3.05, 3.63) is 64.9 Å². The van der Waals surface area contributed by atoms with Gasteiger partial charge in [0.25, 0.3) is 0 Å². The molecule has 0 saturated heterocycles. The molecule has 0 aliphatic heterocycles. The molecular weight excluding hydrogens is 296 g/mol. The fraction of sp³-hybridized carbons (Fsp3) is 0.176. The first-order valence-corrected chi connectivity index (χ1v) is 7.98. The Morgan fingerprint density at radius 3 is 2.77 bits per heavy atom. The van der Waals surface area contributed by atoms with E-state index in [1.165, 1.54) is 5.56 Å². The maximum atomic E-state index is 11.7. The summed E-state index contributed by atoms with van der Waals surface area (Å²) in [5.41, 5.74) is 3.61. The average Bonchev–Trinajstić information content (AvgIpc) is 3.24. The predicted molar refractivity (Wildman–Crippen MR) is 86.8 cm³/mol. The molecule has 0 aliphatic carbocycles. The molecule has 2 aromatic heterocycles. The maximum absolute atomic E-state index is 11.7. The molecule has 0 fully saturated rings. The van der Waals surface area contributed by atoms with Gasteiger partial charge in [-0.15, -0.1) is 11.3 Å². The number of aryl methyl sites for hydroxylation is 1. The fourth-order valence-electron chi connectivity index (χ4n) is 2.06. The van der Waals surface area contributed by atoms with Crippen LogP contribution in [-0.2, 0) is 17.8 Å². The standard InChI is InChI=1S/C17H16N2O2S/c1-2-12-5-7-13(8-6-12)16-19-14(11-22-16)10-21-17(20)15-4-3-9-18-15/h3-9,11,18H,2,10H2,1H3. The quantitative estimate of drug-likeness (QED) is 0.723. The van der Waals surface area contributed by atoms with Crippen molar-refractivity contribution in [2.75, 3.05) is 0 Å². The van der Waals surface area contributed by atoms with Gasteiger partial charge in [-0.1, -0.05) is 31.2 Å². The Labute approximate surface area is 132 Å². The number of nitrogens with zero attached hydrogens (tertiary/aromatic N) is 1. The van der Waals surface area contributed by atoms with Gasteiger partial charge in [-0.25, -0.2) is 9.78 Å². The second-order valence-electron chi connectivity index (χ2n) is 4.85. The van der Waals surface area contributed by atoms with E-state index >= 15 is 0 Å². The Morgan fingerprint density at radius 1 is 1.27 bits per heavy atom. The largest absolute Gasteiger partial charge is 0.454 e. The lowest BCUT2D eigenvalue weighted by molar-refractivity contribution is 0.0462. The van der Waals surface area contributed by atoms with Crippen LogP contribution in [0.15, 0.2) is 48.0 Å². The SMILES string of the molecule is CCc1ccc(-c2nc(COC(=O)c3ccc[nH]3)cs2)cc1. The summed E-state index contributed by atoms with van der Waals surface area (Å²) >= 11 is 1.56. The second kappa shape index (κ2) is 6.58. The minimum absolute atomic E-state index is 0.182. The van der Waals surface area contributed by atoms with Crippen LogP contribution in [0.25, 0.3) is 10.6 Å². The highest BCUT2D eigenvalue weighted by Gasteiger charge is 2.10. The number of aromatic nitrogens is 2. The number of hydrogen-bond acceptors (Lipinski definition) is 4. The summed E-state index contributed by atoms with van der Waals surface area (Å²) in [5.74, 6) is -0.369. The summed E-state index contributed by atoms with van der Waals surface area (Å²) in [7, 11) is 0. The van der Waals surface area contributed by atoms with Gasteiger partial charge >= 0.3 is 5.97 Å². The highest BCUT2D eigenvalue weighted by atomic mass is 32.1. The Bertz CT molecular complexity index is 745. The van der Waals surface area contributed by atoms with Gasteiger partial charge in [0.05, 0.1) is 5.69 Å². The lowest BCUT2D eigenvalue weighted by Crippen LogP contribution is -2.05. The summed E-state index contributed by atoms with van der Waals surface area (Å²) in [4.78, 5) is 19.1. The summed E-state index contributed by atoms with van der Waals surface area (Å²) in [5, 5.41) is 2.86. The number of nitrogens with one attached hydrogen (secondary N) is 1. The summed E-state index contributed by atoms with van der Waals surface area (Å²) in [6.45, 7) is 2.32. The molecule has 0 aliphatic rings. The van der Waals surface area contributed by atoms with Crippen molar-refractivity contribution in [2.24, 2.45) is 0 Å². The molecule has 0 saturated carbocycles. The van der Waals surface area contributed by atoms with Crippen molar-refractivity contribution in [3.8, 4) is 10.6 Å². The van der Waals surface area contributed by atoms with Gasteiger partial charge in [0.1, 0.15) is 17.3 Å². The summed E-state index contributed by atoms with van der Waals surface area (Å²) < 4.78 is 5.23. The van der Waals surface area contributed by atoms with E-state index < -0.39 is 0 Å². The van der Waals surface area contributed by atoms with Gasteiger partial charge in [0, 0.05) is 17.1 Å². The van der Waals surface area contributed by atoms with E-state index in [-0.39, 0.29) is 12.6 Å². The zero-order valence-corrected chi connectivity index (χ0v) is 13.0. The molecule has 0 atom stereocenters. The molecule has 112 valence electrons. The van der Waals surface area contributed by atoms with Crippen molar-refractivity contribution >= 4 is 17.3 Å². The van der Waals surface area contributed by atoms with Crippen LogP contribution in [-0.4, -0.2) is 15.9 Å². The lowest BCUT2D eigenvalue weighted by Gasteiger charge is -2.01. The molecule has 4 nitrogen and oxygen atoms in total. The molecule has 1 N–H and O–H groups in total. The van der Waals surface area contributed by atoms with Crippen LogP contribution in [0.2, 0.25) is 0 Å². The van der Waals surface area contributed by atoms with Crippen molar-refractivity contribution in [1.82, 2.24) is 9.97 Å². The Morgan fingerprint density at radius 2 is 2.09 bits per heavy atom. The fourth-order valence-corrected chi connectivity index (χ4v) is 2.87. The molecule has 0 radical (unpaired) electrons. The van der Waals surface area contributed by atoms with E-state index in [1.54, 1.807) is 29.7 Å². The van der Waals surface area contributed by atoms with Gasteiger partial charge in [0.15, 0.2) is 0 Å². The van der Waals surface area contributed by atoms with Crippen molar-refractivity contribution in [1.29, 1.82) is 0 Å². The number of ether oxygens (including phenoxy) is 1. The van der Waals surface area contributed by atoms with Gasteiger partial charge in [-0.3, -0.25) is 0 Å². The van der Waals surface area contributed by atoms with E-state index in [4.69, 9.17) is 4.74 Å². The molecule has 22 heavy (non-hydrogen) atoms. The monoisotopic (exact) mass is 312 g/mol. The number of thiazole rings is 1. The number of aromatic amines is 1. The normalized spacial score (nSPS) is 10.6.